The molecule has 4 nitrogen and oxygen atoms in total. The van der Waals surface area contributed by atoms with Gasteiger partial charge in [0.25, 0.3) is 5.91 Å². The molecule has 1 rings (SSSR count). The number of hydrogen-bond acceptors (Lipinski definition) is 3. The summed E-state index contributed by atoms with van der Waals surface area (Å²) < 4.78 is 0.729. The highest BCUT2D eigenvalue weighted by atomic mass is 35.5. The molecular formula is C6H6ClNO3. The van der Waals surface area contributed by atoms with Gasteiger partial charge in [-0.25, -0.2) is 4.57 Å². The molecule has 1 heterocycles. The fraction of sp³-hybridized carbons (Fsp3) is 0.167. The predicted octanol–water partition coefficient (Wildman–Crippen LogP) is 0.778. The van der Waals surface area contributed by atoms with Crippen molar-refractivity contribution in [3.05, 3.63) is 12.1 Å². The molecular weight excluding hydrogens is 170 g/mol. The van der Waals surface area contributed by atoms with Crippen molar-refractivity contribution in [2.75, 3.05) is 5.88 Å². The molecule has 0 amide bonds. The minimum absolute atomic E-state index is 0.282. The number of alkyl halides is 1. The molecule has 0 saturated heterocycles. The number of rotatable bonds is 1. The highest BCUT2D eigenvalue weighted by Gasteiger charge is 2.11. The number of halogens is 1. The van der Waals surface area contributed by atoms with E-state index in [1.54, 1.807) is 0 Å². The highest BCUT2D eigenvalue weighted by molar-refractivity contribution is 6.27. The molecule has 0 atom stereocenters. The van der Waals surface area contributed by atoms with Crippen LogP contribution in [-0.4, -0.2) is 26.6 Å². The Morgan fingerprint density at radius 2 is 1.91 bits per heavy atom. The second-order valence-corrected chi connectivity index (χ2v) is 2.18. The molecule has 0 bridgehead atoms. The van der Waals surface area contributed by atoms with Crippen molar-refractivity contribution in [2.24, 2.45) is 0 Å². The van der Waals surface area contributed by atoms with E-state index < -0.39 is 5.91 Å². The standard InChI is InChI=1S/C6H6ClNO3/c7-3-6(11)8-4(9)1-2-5(8)10/h1-2,9-10H,3H2. The van der Waals surface area contributed by atoms with Crippen LogP contribution >= 0.6 is 11.6 Å². The van der Waals surface area contributed by atoms with E-state index in [2.05, 4.69) is 0 Å². The SMILES string of the molecule is O=C(CCl)n1c(O)ccc1O. The minimum Gasteiger partial charge on any atom is -0.494 e. The van der Waals surface area contributed by atoms with Gasteiger partial charge in [-0.1, -0.05) is 0 Å². The second kappa shape index (κ2) is 2.84. The van der Waals surface area contributed by atoms with Crippen molar-refractivity contribution in [1.82, 2.24) is 4.57 Å². The summed E-state index contributed by atoms with van der Waals surface area (Å²) in [6, 6.07) is 2.42. The van der Waals surface area contributed by atoms with Crippen LogP contribution in [0.15, 0.2) is 12.1 Å². The number of aromatic nitrogens is 1. The van der Waals surface area contributed by atoms with Crippen LogP contribution in [0.2, 0.25) is 0 Å². The Morgan fingerprint density at radius 1 is 1.45 bits per heavy atom. The zero-order valence-electron chi connectivity index (χ0n) is 5.49. The first-order valence-electron chi connectivity index (χ1n) is 2.85. The topological polar surface area (TPSA) is 62.5 Å². The minimum atomic E-state index is -0.563. The quantitative estimate of drug-likeness (QED) is 0.620. The van der Waals surface area contributed by atoms with Gasteiger partial charge >= 0.3 is 0 Å². The van der Waals surface area contributed by atoms with Crippen molar-refractivity contribution < 1.29 is 15.0 Å². The van der Waals surface area contributed by atoms with E-state index >= 15 is 0 Å². The summed E-state index contributed by atoms with van der Waals surface area (Å²) in [6.07, 6.45) is 0. The van der Waals surface area contributed by atoms with Crippen LogP contribution in [0.4, 0.5) is 0 Å². The van der Waals surface area contributed by atoms with Crippen molar-refractivity contribution >= 4 is 17.5 Å². The van der Waals surface area contributed by atoms with Crippen LogP contribution in [0.3, 0.4) is 0 Å². The molecule has 0 radical (unpaired) electrons. The molecule has 0 unspecified atom stereocenters. The molecule has 11 heavy (non-hydrogen) atoms. The Bertz CT molecular complexity index is 262. The molecule has 1 aromatic heterocycles. The lowest BCUT2D eigenvalue weighted by molar-refractivity contribution is 0.0922. The summed E-state index contributed by atoms with van der Waals surface area (Å²) >= 11 is 5.19. The van der Waals surface area contributed by atoms with E-state index in [1.165, 1.54) is 12.1 Å². The molecule has 0 spiro atoms. The zero-order chi connectivity index (χ0) is 8.43. The van der Waals surface area contributed by atoms with Gasteiger partial charge in [0, 0.05) is 12.1 Å². The molecule has 0 aliphatic rings. The fourth-order valence-corrected chi connectivity index (χ4v) is 0.850. The molecule has 0 aliphatic heterocycles. The predicted molar refractivity (Wildman–Crippen MR) is 39.1 cm³/mol. The van der Waals surface area contributed by atoms with Crippen LogP contribution in [0.5, 0.6) is 11.8 Å². The number of carbonyl (C=O) groups excluding carboxylic acids is 1. The van der Waals surface area contributed by atoms with Crippen LogP contribution < -0.4 is 0 Å². The molecule has 0 aromatic carbocycles. The number of nitrogens with zero attached hydrogens (tertiary/aromatic N) is 1. The molecule has 0 fully saturated rings. The normalized spacial score (nSPS) is 9.91. The first kappa shape index (κ1) is 7.94. The zero-order valence-corrected chi connectivity index (χ0v) is 6.25. The third kappa shape index (κ3) is 1.30. The maximum absolute atomic E-state index is 10.8. The Labute approximate surface area is 67.6 Å². The summed E-state index contributed by atoms with van der Waals surface area (Å²) in [5.41, 5.74) is 0. The second-order valence-electron chi connectivity index (χ2n) is 1.91. The number of carbonyl (C=O) groups is 1. The highest BCUT2D eigenvalue weighted by Crippen LogP contribution is 2.20. The number of hydrogen-bond donors (Lipinski definition) is 2. The lowest BCUT2D eigenvalue weighted by Crippen LogP contribution is -2.10. The lowest BCUT2D eigenvalue weighted by atomic mass is 10.6. The smallest absolute Gasteiger partial charge is 0.251 e. The van der Waals surface area contributed by atoms with Gasteiger partial charge in [-0.3, -0.25) is 4.79 Å². The monoisotopic (exact) mass is 175 g/mol. The largest absolute Gasteiger partial charge is 0.494 e. The Hall–Kier alpha value is -1.16. The summed E-state index contributed by atoms with van der Waals surface area (Å²) in [7, 11) is 0. The van der Waals surface area contributed by atoms with E-state index in [0.717, 1.165) is 4.57 Å². The Kier molecular flexibility index (Phi) is 2.05. The van der Waals surface area contributed by atoms with Crippen LogP contribution in [0.25, 0.3) is 0 Å². The summed E-state index contributed by atoms with van der Waals surface area (Å²) in [5, 5.41) is 17.9. The number of aromatic hydroxyl groups is 2. The molecule has 60 valence electrons. The van der Waals surface area contributed by atoms with Gasteiger partial charge in [0.05, 0.1) is 0 Å². The summed E-state index contributed by atoms with van der Waals surface area (Å²) in [6.45, 7) is 0. The van der Waals surface area contributed by atoms with Gasteiger partial charge < -0.3 is 10.2 Å². The van der Waals surface area contributed by atoms with E-state index in [1.807, 2.05) is 0 Å². The fourth-order valence-electron chi connectivity index (χ4n) is 0.731. The van der Waals surface area contributed by atoms with Crippen LogP contribution in [0, 0.1) is 0 Å². The maximum Gasteiger partial charge on any atom is 0.251 e. The molecule has 1 aromatic rings. The van der Waals surface area contributed by atoms with Crippen LogP contribution in [-0.2, 0) is 0 Å². The van der Waals surface area contributed by atoms with E-state index in [4.69, 9.17) is 21.8 Å². The summed E-state index contributed by atoms with van der Waals surface area (Å²) in [4.78, 5) is 10.8. The lowest BCUT2D eigenvalue weighted by Gasteiger charge is -2.00. The van der Waals surface area contributed by atoms with Crippen LogP contribution in [0.1, 0.15) is 4.79 Å². The average Bonchev–Trinajstić information content (AvgIpc) is 2.30. The van der Waals surface area contributed by atoms with Gasteiger partial charge in [0.15, 0.2) is 0 Å². The van der Waals surface area contributed by atoms with E-state index in [0.29, 0.717) is 0 Å². The third-order valence-corrected chi connectivity index (χ3v) is 1.43. The molecule has 5 heteroatoms. The van der Waals surface area contributed by atoms with Gasteiger partial charge in [-0.2, -0.15) is 0 Å². The molecule has 0 saturated carbocycles. The first-order valence-corrected chi connectivity index (χ1v) is 3.39. The van der Waals surface area contributed by atoms with Crippen molar-refractivity contribution in [3.8, 4) is 11.8 Å². The first-order chi connectivity index (χ1) is 5.16. The van der Waals surface area contributed by atoms with Crippen molar-refractivity contribution in [3.63, 3.8) is 0 Å². The summed E-state index contributed by atoms with van der Waals surface area (Å²) in [5.74, 6) is -1.47. The van der Waals surface area contributed by atoms with Gasteiger partial charge in [0.1, 0.15) is 5.88 Å². The van der Waals surface area contributed by atoms with Gasteiger partial charge in [0.2, 0.25) is 11.8 Å². The van der Waals surface area contributed by atoms with E-state index in [9.17, 15) is 4.79 Å². The van der Waals surface area contributed by atoms with Gasteiger partial charge in [-0.05, 0) is 0 Å². The molecule has 2 N–H and O–H groups in total. The maximum atomic E-state index is 10.8. The average molecular weight is 176 g/mol. The van der Waals surface area contributed by atoms with Crippen molar-refractivity contribution in [1.29, 1.82) is 0 Å². The van der Waals surface area contributed by atoms with E-state index in [-0.39, 0.29) is 17.6 Å². The molecule has 0 aliphatic carbocycles. The third-order valence-electron chi connectivity index (χ3n) is 1.20. The Balaban J connectivity index is 3.10. The Morgan fingerprint density at radius 3 is 2.27 bits per heavy atom. The van der Waals surface area contributed by atoms with Crippen molar-refractivity contribution in [2.45, 2.75) is 0 Å². The van der Waals surface area contributed by atoms with Gasteiger partial charge in [-0.15, -0.1) is 11.6 Å².